The van der Waals surface area contributed by atoms with E-state index in [0.29, 0.717) is 5.41 Å². The van der Waals surface area contributed by atoms with E-state index in [4.69, 9.17) is 10.5 Å². The van der Waals surface area contributed by atoms with Gasteiger partial charge in [0.15, 0.2) is 0 Å². The Morgan fingerprint density at radius 3 is 2.83 bits per heavy atom. The van der Waals surface area contributed by atoms with E-state index in [2.05, 4.69) is 18.3 Å². The maximum atomic E-state index is 5.91. The number of nitrogen functional groups attached to an aromatic ring is 1. The molecular formula is C15H24N2O. The van der Waals surface area contributed by atoms with Crippen molar-refractivity contribution in [1.29, 1.82) is 0 Å². The Bertz CT molecular complexity index is 399. The van der Waals surface area contributed by atoms with E-state index in [0.717, 1.165) is 25.4 Å². The van der Waals surface area contributed by atoms with Gasteiger partial charge in [-0.1, -0.05) is 12.1 Å². The molecule has 0 radical (unpaired) electrons. The van der Waals surface area contributed by atoms with Crippen molar-refractivity contribution in [3.63, 3.8) is 0 Å². The van der Waals surface area contributed by atoms with Gasteiger partial charge in [0.25, 0.3) is 0 Å². The van der Waals surface area contributed by atoms with Crippen molar-refractivity contribution in [3.8, 4) is 0 Å². The molecule has 1 aliphatic rings. The van der Waals surface area contributed by atoms with E-state index in [1.807, 2.05) is 12.1 Å². The predicted octanol–water partition coefficient (Wildman–Crippen LogP) is 2.48. The van der Waals surface area contributed by atoms with Crippen molar-refractivity contribution in [1.82, 2.24) is 5.32 Å². The predicted molar refractivity (Wildman–Crippen MR) is 75.5 cm³/mol. The zero-order chi connectivity index (χ0) is 13.0. The van der Waals surface area contributed by atoms with Gasteiger partial charge < -0.3 is 15.8 Å². The fourth-order valence-corrected chi connectivity index (χ4v) is 2.37. The van der Waals surface area contributed by atoms with Gasteiger partial charge in [-0.05, 0) is 48.8 Å². The van der Waals surface area contributed by atoms with Crippen LogP contribution in [-0.4, -0.2) is 20.3 Å². The standard InChI is InChI=1S/C15H24N2O/c1-12-13(4-3-5-14(12)16)10-17-11-15(6-7-15)8-9-18-2/h3-5,17H,6-11,16H2,1-2H3. The summed E-state index contributed by atoms with van der Waals surface area (Å²) in [4.78, 5) is 0. The van der Waals surface area contributed by atoms with Crippen LogP contribution in [0.15, 0.2) is 18.2 Å². The third-order valence-electron chi connectivity index (χ3n) is 4.10. The molecule has 0 spiro atoms. The number of anilines is 1. The first-order chi connectivity index (χ1) is 8.67. The number of nitrogens with two attached hydrogens (primary N) is 1. The molecule has 0 saturated heterocycles. The van der Waals surface area contributed by atoms with E-state index in [9.17, 15) is 0 Å². The molecule has 1 saturated carbocycles. The molecule has 1 fully saturated rings. The number of benzene rings is 1. The summed E-state index contributed by atoms with van der Waals surface area (Å²) in [6, 6.07) is 6.13. The van der Waals surface area contributed by atoms with Gasteiger partial charge in [0.2, 0.25) is 0 Å². The first kappa shape index (κ1) is 13.4. The molecule has 0 aliphatic heterocycles. The molecule has 0 heterocycles. The van der Waals surface area contributed by atoms with Crippen molar-refractivity contribution in [2.75, 3.05) is 26.0 Å². The van der Waals surface area contributed by atoms with Gasteiger partial charge in [0.05, 0.1) is 0 Å². The average Bonchev–Trinajstić information content (AvgIpc) is 3.13. The third-order valence-corrected chi connectivity index (χ3v) is 4.10. The molecule has 0 amide bonds. The zero-order valence-corrected chi connectivity index (χ0v) is 11.5. The summed E-state index contributed by atoms with van der Waals surface area (Å²) in [5, 5.41) is 3.57. The van der Waals surface area contributed by atoms with Crippen LogP contribution >= 0.6 is 0 Å². The monoisotopic (exact) mass is 248 g/mol. The molecule has 3 heteroatoms. The quantitative estimate of drug-likeness (QED) is 0.729. The molecule has 0 unspecified atom stereocenters. The first-order valence-electron chi connectivity index (χ1n) is 6.70. The summed E-state index contributed by atoms with van der Waals surface area (Å²) in [5.41, 5.74) is 9.80. The van der Waals surface area contributed by atoms with Gasteiger partial charge in [0, 0.05) is 32.5 Å². The average molecular weight is 248 g/mol. The molecule has 100 valence electrons. The molecule has 2 rings (SSSR count). The van der Waals surface area contributed by atoms with Crippen LogP contribution in [0.4, 0.5) is 5.69 Å². The Morgan fingerprint density at radius 2 is 2.17 bits per heavy atom. The molecular weight excluding hydrogens is 224 g/mol. The summed E-state index contributed by atoms with van der Waals surface area (Å²) < 4.78 is 5.17. The van der Waals surface area contributed by atoms with Crippen LogP contribution in [0.5, 0.6) is 0 Å². The molecule has 3 nitrogen and oxygen atoms in total. The van der Waals surface area contributed by atoms with Crippen molar-refractivity contribution in [2.45, 2.75) is 32.7 Å². The summed E-state index contributed by atoms with van der Waals surface area (Å²) in [6.07, 6.45) is 3.84. The van der Waals surface area contributed by atoms with Crippen molar-refractivity contribution < 1.29 is 4.74 Å². The van der Waals surface area contributed by atoms with Gasteiger partial charge in [-0.15, -0.1) is 0 Å². The zero-order valence-electron chi connectivity index (χ0n) is 11.5. The Balaban J connectivity index is 1.80. The Morgan fingerprint density at radius 1 is 1.39 bits per heavy atom. The first-order valence-corrected chi connectivity index (χ1v) is 6.70. The number of rotatable bonds is 7. The van der Waals surface area contributed by atoms with Crippen molar-refractivity contribution in [3.05, 3.63) is 29.3 Å². The SMILES string of the molecule is COCCC1(CNCc2cccc(N)c2C)CC1. The van der Waals surface area contributed by atoms with Crippen LogP contribution in [-0.2, 0) is 11.3 Å². The molecule has 1 aromatic rings. The van der Waals surface area contributed by atoms with Gasteiger partial charge in [-0.25, -0.2) is 0 Å². The van der Waals surface area contributed by atoms with Crippen molar-refractivity contribution >= 4 is 5.69 Å². The Kier molecular flexibility index (Phi) is 4.25. The minimum atomic E-state index is 0.504. The summed E-state index contributed by atoms with van der Waals surface area (Å²) in [5.74, 6) is 0. The van der Waals surface area contributed by atoms with E-state index in [1.54, 1.807) is 7.11 Å². The van der Waals surface area contributed by atoms with Gasteiger partial charge >= 0.3 is 0 Å². The lowest BCUT2D eigenvalue weighted by Gasteiger charge is -2.16. The maximum absolute atomic E-state index is 5.91. The summed E-state index contributed by atoms with van der Waals surface area (Å²) >= 11 is 0. The van der Waals surface area contributed by atoms with Crippen LogP contribution in [0.2, 0.25) is 0 Å². The van der Waals surface area contributed by atoms with Gasteiger partial charge in [-0.3, -0.25) is 0 Å². The lowest BCUT2D eigenvalue weighted by atomic mass is 10.0. The van der Waals surface area contributed by atoms with Crippen molar-refractivity contribution in [2.24, 2.45) is 5.41 Å². The molecule has 3 N–H and O–H groups in total. The summed E-state index contributed by atoms with van der Waals surface area (Å²) in [7, 11) is 1.78. The highest BCUT2D eigenvalue weighted by molar-refractivity contribution is 5.49. The van der Waals surface area contributed by atoms with E-state index in [1.165, 1.54) is 30.4 Å². The van der Waals surface area contributed by atoms with E-state index in [-0.39, 0.29) is 0 Å². The van der Waals surface area contributed by atoms with Crippen LogP contribution in [0.25, 0.3) is 0 Å². The maximum Gasteiger partial charge on any atom is 0.0468 e. The second-order valence-electron chi connectivity index (χ2n) is 5.48. The lowest BCUT2D eigenvalue weighted by molar-refractivity contribution is 0.171. The van der Waals surface area contributed by atoms with Crippen LogP contribution in [0, 0.1) is 12.3 Å². The number of ether oxygens (including phenoxy) is 1. The Labute approximate surface area is 110 Å². The number of hydrogen-bond donors (Lipinski definition) is 2. The summed E-state index contributed by atoms with van der Waals surface area (Å²) in [6.45, 7) is 4.96. The number of methoxy groups -OCH3 is 1. The molecule has 18 heavy (non-hydrogen) atoms. The Hall–Kier alpha value is -1.06. The fraction of sp³-hybridized carbons (Fsp3) is 0.600. The number of hydrogen-bond acceptors (Lipinski definition) is 3. The molecule has 0 bridgehead atoms. The second kappa shape index (κ2) is 5.72. The van der Waals surface area contributed by atoms with Crippen LogP contribution in [0.1, 0.15) is 30.4 Å². The van der Waals surface area contributed by atoms with Gasteiger partial charge in [-0.2, -0.15) is 0 Å². The van der Waals surface area contributed by atoms with E-state index < -0.39 is 0 Å². The third kappa shape index (κ3) is 3.24. The molecule has 0 atom stereocenters. The smallest absolute Gasteiger partial charge is 0.0468 e. The van der Waals surface area contributed by atoms with Crippen LogP contribution < -0.4 is 11.1 Å². The van der Waals surface area contributed by atoms with E-state index >= 15 is 0 Å². The largest absolute Gasteiger partial charge is 0.399 e. The minimum absolute atomic E-state index is 0.504. The van der Waals surface area contributed by atoms with Gasteiger partial charge in [0.1, 0.15) is 0 Å². The topological polar surface area (TPSA) is 47.3 Å². The van der Waals surface area contributed by atoms with Crippen LogP contribution in [0.3, 0.4) is 0 Å². The highest BCUT2D eigenvalue weighted by Gasteiger charge is 2.41. The normalized spacial score (nSPS) is 16.8. The fourth-order valence-electron chi connectivity index (χ4n) is 2.37. The lowest BCUT2D eigenvalue weighted by Crippen LogP contribution is -2.25. The highest BCUT2D eigenvalue weighted by atomic mass is 16.5. The molecule has 1 aliphatic carbocycles. The minimum Gasteiger partial charge on any atom is -0.399 e. The second-order valence-corrected chi connectivity index (χ2v) is 5.48. The molecule has 0 aromatic heterocycles. The molecule has 1 aromatic carbocycles. The highest BCUT2D eigenvalue weighted by Crippen LogP contribution is 2.48. The number of nitrogens with one attached hydrogen (secondary N) is 1.